The first-order chi connectivity index (χ1) is 25.5. The zero-order valence-corrected chi connectivity index (χ0v) is 32.2. The average molecular weight is 812 g/mol. The largest absolute Gasteiger partial charge is 0.448 e. The van der Waals surface area contributed by atoms with E-state index in [0.717, 1.165) is 0 Å². The maximum atomic E-state index is 12.6. The summed E-state index contributed by atoms with van der Waals surface area (Å²) in [4.78, 5) is 84.4. The van der Waals surface area contributed by atoms with Crippen molar-refractivity contribution in [1.29, 1.82) is 10.8 Å². The first-order valence-electron chi connectivity index (χ1n) is 17.2. The number of hydrogen-bond donors (Lipinski definition) is 10. The topological polar surface area (TPSA) is 344 Å². The van der Waals surface area contributed by atoms with Crippen molar-refractivity contribution in [3.8, 4) is 0 Å². The van der Waals surface area contributed by atoms with E-state index in [4.69, 9.17) is 71.2 Å². The van der Waals surface area contributed by atoms with Crippen molar-refractivity contribution in [2.45, 2.75) is 101 Å². The third-order valence-electron chi connectivity index (χ3n) is 8.02. The SMILES string of the molecule is C=O.C[C@H](N)C(=O)N1CCC[C@H]1C(=O)N[C@@H](CCCNC(=N)N)C(=O)OCCl.C[C@H](N)C(=O)N1CCC[C@H]1C(=O)N[C@@H](CCCNC(=N)N)C(=O)OCCl. The number of nitrogens with two attached hydrogens (primary N) is 4. The van der Waals surface area contributed by atoms with E-state index in [9.17, 15) is 28.8 Å². The monoisotopic (exact) mass is 810 g/mol. The van der Waals surface area contributed by atoms with Gasteiger partial charge in [0.05, 0.1) is 12.1 Å². The van der Waals surface area contributed by atoms with Gasteiger partial charge in [0.15, 0.2) is 24.1 Å². The highest BCUT2D eigenvalue weighted by atomic mass is 35.5. The molecule has 2 fully saturated rings. The van der Waals surface area contributed by atoms with E-state index in [0.29, 0.717) is 64.7 Å². The smallest absolute Gasteiger partial charge is 0.329 e. The van der Waals surface area contributed by atoms with E-state index < -0.39 is 60.0 Å². The molecule has 0 bridgehead atoms. The highest BCUT2D eigenvalue weighted by Crippen LogP contribution is 2.20. The van der Waals surface area contributed by atoms with Gasteiger partial charge >= 0.3 is 11.9 Å². The third kappa shape index (κ3) is 18.0. The molecule has 54 heavy (non-hydrogen) atoms. The number of alkyl halides is 2. The maximum Gasteiger partial charge on any atom is 0.329 e. The molecule has 2 rings (SSSR count). The third-order valence-corrected chi connectivity index (χ3v) is 8.24. The predicted octanol–water partition coefficient (Wildman–Crippen LogP) is -2.56. The van der Waals surface area contributed by atoms with Gasteiger partial charge in [-0.2, -0.15) is 0 Å². The van der Waals surface area contributed by atoms with Crippen molar-refractivity contribution in [3.05, 3.63) is 0 Å². The van der Waals surface area contributed by atoms with Crippen LogP contribution in [0.3, 0.4) is 0 Å². The molecule has 0 spiro atoms. The van der Waals surface area contributed by atoms with Gasteiger partial charge in [0.25, 0.3) is 0 Å². The summed E-state index contributed by atoms with van der Waals surface area (Å²) in [6.07, 6.45) is 3.88. The zero-order chi connectivity index (χ0) is 41.4. The quantitative estimate of drug-likeness (QED) is 0.0224. The van der Waals surface area contributed by atoms with E-state index in [1.807, 2.05) is 6.79 Å². The lowest BCUT2D eigenvalue weighted by atomic mass is 10.1. The van der Waals surface area contributed by atoms with Crippen LogP contribution in [0.5, 0.6) is 0 Å². The lowest BCUT2D eigenvalue weighted by Crippen LogP contribution is -2.53. The summed E-state index contributed by atoms with van der Waals surface area (Å²) in [6.45, 7) is 6.79. The van der Waals surface area contributed by atoms with Gasteiger partial charge in [-0.15, -0.1) is 0 Å². The molecular weight excluding hydrogens is 755 g/mol. The van der Waals surface area contributed by atoms with Crippen molar-refractivity contribution in [2.24, 2.45) is 22.9 Å². The Bertz CT molecular complexity index is 1170. The van der Waals surface area contributed by atoms with E-state index in [2.05, 4.69) is 21.3 Å². The van der Waals surface area contributed by atoms with Crippen LogP contribution in [0, 0.1) is 10.8 Å². The number of amides is 4. The van der Waals surface area contributed by atoms with Crippen LogP contribution in [-0.2, 0) is 43.0 Å². The molecule has 2 aliphatic heterocycles. The number of likely N-dealkylation sites (tertiary alicyclic amines) is 2. The Hall–Kier alpha value is -4.47. The average Bonchev–Trinajstić information content (AvgIpc) is 3.82. The summed E-state index contributed by atoms with van der Waals surface area (Å²) < 4.78 is 9.56. The van der Waals surface area contributed by atoms with Crippen LogP contribution in [0.4, 0.5) is 0 Å². The van der Waals surface area contributed by atoms with Gasteiger partial charge in [-0.25, -0.2) is 9.59 Å². The first-order valence-corrected chi connectivity index (χ1v) is 18.2. The van der Waals surface area contributed by atoms with E-state index in [-0.39, 0.29) is 48.7 Å². The van der Waals surface area contributed by atoms with Crippen LogP contribution in [0.2, 0.25) is 0 Å². The Balaban J connectivity index is 0.000000994. The summed E-state index contributed by atoms with van der Waals surface area (Å²) in [6, 6.07) is -5.15. The zero-order valence-electron chi connectivity index (χ0n) is 30.7. The molecule has 308 valence electrons. The molecule has 0 aromatic heterocycles. The highest BCUT2D eigenvalue weighted by molar-refractivity contribution is 6.17. The summed E-state index contributed by atoms with van der Waals surface area (Å²) in [5.74, 6) is -3.10. The minimum atomic E-state index is -0.900. The van der Waals surface area contributed by atoms with Crippen molar-refractivity contribution >= 4 is 77.5 Å². The molecule has 0 aliphatic carbocycles. The minimum Gasteiger partial charge on any atom is -0.448 e. The fraction of sp³-hybridized carbons (Fsp3) is 0.710. The van der Waals surface area contributed by atoms with Crippen LogP contribution in [0.25, 0.3) is 0 Å². The minimum absolute atomic E-state index is 0.176. The second-order valence-electron chi connectivity index (χ2n) is 12.2. The Morgan fingerprint density at radius 3 is 1.33 bits per heavy atom. The molecule has 0 saturated carbocycles. The van der Waals surface area contributed by atoms with Gasteiger partial charge < -0.3 is 68.3 Å². The van der Waals surface area contributed by atoms with Crippen LogP contribution in [0.1, 0.15) is 65.2 Å². The molecular formula is C31H56Cl2N12O9. The van der Waals surface area contributed by atoms with Gasteiger partial charge in [-0.05, 0) is 65.2 Å². The molecule has 2 aliphatic rings. The van der Waals surface area contributed by atoms with Crippen LogP contribution < -0.4 is 44.2 Å². The van der Waals surface area contributed by atoms with Crippen LogP contribution >= 0.6 is 23.2 Å². The number of guanidine groups is 2. The van der Waals surface area contributed by atoms with E-state index >= 15 is 0 Å². The fourth-order valence-corrected chi connectivity index (χ4v) is 5.75. The Kier molecular flexibility index (Phi) is 24.9. The molecule has 0 aromatic carbocycles. The van der Waals surface area contributed by atoms with Crippen molar-refractivity contribution in [3.63, 3.8) is 0 Å². The number of halogens is 2. The number of rotatable bonds is 18. The van der Waals surface area contributed by atoms with E-state index in [1.54, 1.807) is 13.8 Å². The number of nitrogens with one attached hydrogen (secondary N) is 6. The number of carbonyl (C=O) groups excluding carboxylic acids is 7. The highest BCUT2D eigenvalue weighted by Gasteiger charge is 2.38. The number of nitrogens with zero attached hydrogens (tertiary/aromatic N) is 2. The Morgan fingerprint density at radius 2 is 1.06 bits per heavy atom. The molecule has 2 heterocycles. The number of ether oxygens (including phenoxy) is 2. The predicted molar refractivity (Wildman–Crippen MR) is 200 cm³/mol. The molecule has 21 nitrogen and oxygen atoms in total. The molecule has 0 unspecified atom stereocenters. The number of carbonyl (C=O) groups is 7. The molecule has 2 saturated heterocycles. The normalized spacial score (nSPS) is 18.1. The van der Waals surface area contributed by atoms with Gasteiger partial charge in [0.1, 0.15) is 31.0 Å². The second-order valence-corrected chi connectivity index (χ2v) is 12.6. The molecule has 0 aromatic rings. The van der Waals surface area contributed by atoms with Gasteiger partial charge in [0, 0.05) is 26.2 Å². The molecule has 23 heteroatoms. The summed E-state index contributed by atoms with van der Waals surface area (Å²) in [5.41, 5.74) is 21.6. The number of esters is 2. The van der Waals surface area contributed by atoms with Crippen molar-refractivity contribution < 1.29 is 43.0 Å². The molecule has 14 N–H and O–H groups in total. The standard InChI is InChI=1S/2C15H27ClN6O4.CH2O/c2*1-9(17)13(24)22-7-3-5-11(22)12(23)21-10(14(25)26-8-16)4-2-6-20-15(18)19;1-2/h2*9-11H,2-8,17H2,1H3,(H,21,23)(H4,18,19,20);1H2/t2*9-,10-,11-;/m00./s1. The van der Waals surface area contributed by atoms with Crippen molar-refractivity contribution in [2.75, 3.05) is 38.3 Å². The number of hydrogen-bond acceptors (Lipinski definition) is 13. The first kappa shape index (κ1) is 49.5. The summed E-state index contributed by atoms with van der Waals surface area (Å²) >= 11 is 10.9. The van der Waals surface area contributed by atoms with Crippen LogP contribution in [0.15, 0.2) is 0 Å². The van der Waals surface area contributed by atoms with Crippen molar-refractivity contribution in [1.82, 2.24) is 31.1 Å². The fourth-order valence-electron chi connectivity index (χ4n) is 5.53. The lowest BCUT2D eigenvalue weighted by Gasteiger charge is -2.27. The summed E-state index contributed by atoms with van der Waals surface area (Å²) in [7, 11) is 0. The van der Waals surface area contributed by atoms with Gasteiger partial charge in [0.2, 0.25) is 23.6 Å². The Morgan fingerprint density at radius 1 is 0.722 bits per heavy atom. The van der Waals surface area contributed by atoms with Gasteiger partial charge in [-0.1, -0.05) is 23.2 Å². The maximum absolute atomic E-state index is 12.6. The van der Waals surface area contributed by atoms with Crippen LogP contribution in [-0.4, -0.2) is 139 Å². The Labute approximate surface area is 324 Å². The summed E-state index contributed by atoms with van der Waals surface area (Å²) in [5, 5.41) is 24.7. The molecule has 6 atom stereocenters. The lowest BCUT2D eigenvalue weighted by molar-refractivity contribution is -0.147. The molecule has 4 amide bonds. The van der Waals surface area contributed by atoms with Gasteiger partial charge in [-0.3, -0.25) is 30.0 Å². The second kappa shape index (κ2) is 27.2. The van der Waals surface area contributed by atoms with E-state index in [1.165, 1.54) is 9.80 Å². The molecule has 0 radical (unpaired) electrons.